The number of halogens is 3. The lowest BCUT2D eigenvalue weighted by Gasteiger charge is -2.32. The average Bonchev–Trinajstić information content (AvgIpc) is 3.14. The number of thiazole rings is 1. The Morgan fingerprint density at radius 2 is 2.16 bits per heavy atom. The molecule has 1 saturated heterocycles. The molecule has 1 aliphatic rings. The fourth-order valence-corrected chi connectivity index (χ4v) is 3.72. The minimum atomic E-state index is -4.54. The molecular formula is C17H18F3N3OS. The Kier molecular flexibility index (Phi) is 5.27. The number of hydrogen-bond acceptors (Lipinski definition) is 4. The van der Waals surface area contributed by atoms with Gasteiger partial charge in [0, 0.05) is 31.2 Å². The Labute approximate surface area is 147 Å². The molecule has 1 atom stereocenters. The van der Waals surface area contributed by atoms with Gasteiger partial charge in [0.2, 0.25) is 0 Å². The number of hydrogen-bond donors (Lipinski definition) is 1. The van der Waals surface area contributed by atoms with Crippen LogP contribution in [-0.2, 0) is 6.18 Å². The molecule has 0 aliphatic carbocycles. The van der Waals surface area contributed by atoms with Gasteiger partial charge in [-0.1, -0.05) is 12.1 Å². The Bertz CT molecular complexity index is 718. The SMILES string of the molecule is O=C(NCC1CCCN(c2nccs2)C1)c1ccccc1C(F)(F)F. The molecule has 134 valence electrons. The first-order valence-electron chi connectivity index (χ1n) is 8.04. The number of aromatic nitrogens is 1. The Balaban J connectivity index is 1.61. The van der Waals surface area contributed by atoms with Crippen LogP contribution in [0.1, 0.15) is 28.8 Å². The van der Waals surface area contributed by atoms with Crippen LogP contribution in [-0.4, -0.2) is 30.5 Å². The van der Waals surface area contributed by atoms with E-state index in [-0.39, 0.29) is 11.5 Å². The van der Waals surface area contributed by atoms with Gasteiger partial charge in [0.1, 0.15) is 0 Å². The maximum Gasteiger partial charge on any atom is 0.417 e. The molecule has 1 aromatic carbocycles. The summed E-state index contributed by atoms with van der Waals surface area (Å²) in [5.74, 6) is -0.487. The Morgan fingerprint density at radius 1 is 1.36 bits per heavy atom. The number of carbonyl (C=O) groups is 1. The molecule has 1 unspecified atom stereocenters. The Morgan fingerprint density at radius 3 is 2.88 bits per heavy atom. The summed E-state index contributed by atoms with van der Waals surface area (Å²) in [4.78, 5) is 18.7. The van der Waals surface area contributed by atoms with E-state index >= 15 is 0 Å². The number of anilines is 1. The molecule has 1 amide bonds. The van der Waals surface area contributed by atoms with Gasteiger partial charge >= 0.3 is 6.18 Å². The molecule has 1 aliphatic heterocycles. The summed E-state index contributed by atoms with van der Waals surface area (Å²) in [5, 5.41) is 5.52. The molecule has 8 heteroatoms. The molecule has 0 spiro atoms. The number of amides is 1. The van der Waals surface area contributed by atoms with Crippen molar-refractivity contribution < 1.29 is 18.0 Å². The second-order valence-corrected chi connectivity index (χ2v) is 6.90. The molecule has 0 saturated carbocycles. The van der Waals surface area contributed by atoms with Crippen molar-refractivity contribution in [2.75, 3.05) is 24.5 Å². The van der Waals surface area contributed by atoms with Gasteiger partial charge in [0.25, 0.3) is 5.91 Å². The van der Waals surface area contributed by atoms with Crippen LogP contribution in [0, 0.1) is 5.92 Å². The molecule has 0 bridgehead atoms. The van der Waals surface area contributed by atoms with Crippen LogP contribution >= 0.6 is 11.3 Å². The first-order valence-corrected chi connectivity index (χ1v) is 8.92. The van der Waals surface area contributed by atoms with Crippen LogP contribution in [0.5, 0.6) is 0 Å². The molecule has 1 N–H and O–H groups in total. The van der Waals surface area contributed by atoms with E-state index < -0.39 is 17.6 Å². The van der Waals surface area contributed by atoms with Crippen LogP contribution < -0.4 is 10.2 Å². The number of nitrogens with one attached hydrogen (secondary N) is 1. The van der Waals surface area contributed by atoms with Gasteiger partial charge in [-0.2, -0.15) is 13.2 Å². The van der Waals surface area contributed by atoms with E-state index in [1.165, 1.54) is 18.2 Å². The molecule has 4 nitrogen and oxygen atoms in total. The van der Waals surface area contributed by atoms with Gasteiger partial charge in [0.05, 0.1) is 11.1 Å². The summed E-state index contributed by atoms with van der Waals surface area (Å²) < 4.78 is 39.1. The molecule has 25 heavy (non-hydrogen) atoms. The third-order valence-corrected chi connectivity index (χ3v) is 5.07. The minimum Gasteiger partial charge on any atom is -0.352 e. The van der Waals surface area contributed by atoms with Gasteiger partial charge in [-0.05, 0) is 30.9 Å². The highest BCUT2D eigenvalue weighted by Gasteiger charge is 2.35. The molecule has 3 rings (SSSR count). The van der Waals surface area contributed by atoms with Crippen LogP contribution in [0.25, 0.3) is 0 Å². The summed E-state index contributed by atoms with van der Waals surface area (Å²) in [7, 11) is 0. The van der Waals surface area contributed by atoms with Gasteiger partial charge in [-0.25, -0.2) is 4.98 Å². The molecule has 0 radical (unpaired) electrons. The zero-order chi connectivity index (χ0) is 17.9. The zero-order valence-corrected chi connectivity index (χ0v) is 14.2. The van der Waals surface area contributed by atoms with Crippen molar-refractivity contribution in [3.8, 4) is 0 Å². The van der Waals surface area contributed by atoms with Crippen LogP contribution in [0.2, 0.25) is 0 Å². The van der Waals surface area contributed by atoms with Crippen LogP contribution in [0.15, 0.2) is 35.8 Å². The second kappa shape index (κ2) is 7.43. The maximum absolute atomic E-state index is 13.0. The lowest BCUT2D eigenvalue weighted by molar-refractivity contribution is -0.137. The standard InChI is InChI=1S/C17H18F3N3OS/c18-17(19,20)14-6-2-1-5-13(14)15(24)22-10-12-4-3-8-23(11-12)16-21-7-9-25-16/h1-2,5-7,9,12H,3-4,8,10-11H2,(H,22,24). The van der Waals surface area contributed by atoms with Crippen LogP contribution in [0.3, 0.4) is 0 Å². The maximum atomic E-state index is 13.0. The van der Waals surface area contributed by atoms with Crippen molar-refractivity contribution in [3.05, 3.63) is 47.0 Å². The smallest absolute Gasteiger partial charge is 0.352 e. The van der Waals surface area contributed by atoms with E-state index in [2.05, 4.69) is 15.2 Å². The highest BCUT2D eigenvalue weighted by molar-refractivity contribution is 7.13. The fraction of sp³-hybridized carbons (Fsp3) is 0.412. The predicted molar refractivity (Wildman–Crippen MR) is 90.8 cm³/mol. The van der Waals surface area contributed by atoms with E-state index in [1.54, 1.807) is 17.5 Å². The van der Waals surface area contributed by atoms with Gasteiger partial charge in [-0.3, -0.25) is 4.79 Å². The first kappa shape index (κ1) is 17.7. The first-order chi connectivity index (χ1) is 11.9. The van der Waals surface area contributed by atoms with Crippen molar-refractivity contribution in [2.45, 2.75) is 19.0 Å². The van der Waals surface area contributed by atoms with Crippen molar-refractivity contribution >= 4 is 22.4 Å². The van der Waals surface area contributed by atoms with E-state index in [0.29, 0.717) is 6.54 Å². The number of rotatable bonds is 4. The predicted octanol–water partition coefficient (Wildman–Crippen LogP) is 3.81. The largest absolute Gasteiger partial charge is 0.417 e. The molecule has 2 heterocycles. The third kappa shape index (κ3) is 4.31. The fourth-order valence-electron chi connectivity index (χ4n) is 3.04. The third-order valence-electron chi connectivity index (χ3n) is 4.24. The van der Waals surface area contributed by atoms with Crippen molar-refractivity contribution in [3.63, 3.8) is 0 Å². The topological polar surface area (TPSA) is 45.2 Å². The minimum absolute atomic E-state index is 0.194. The molecule has 1 fully saturated rings. The van der Waals surface area contributed by atoms with E-state index in [0.717, 1.165) is 37.1 Å². The van der Waals surface area contributed by atoms with Gasteiger partial charge in [0.15, 0.2) is 5.13 Å². The van der Waals surface area contributed by atoms with Gasteiger partial charge < -0.3 is 10.2 Å². The second-order valence-electron chi connectivity index (χ2n) is 6.02. The summed E-state index contributed by atoms with van der Waals surface area (Å²) in [6.45, 7) is 2.01. The van der Waals surface area contributed by atoms with Crippen LogP contribution in [0.4, 0.5) is 18.3 Å². The van der Waals surface area contributed by atoms with Crippen molar-refractivity contribution in [1.82, 2.24) is 10.3 Å². The Hall–Kier alpha value is -2.09. The highest BCUT2D eigenvalue weighted by Crippen LogP contribution is 2.32. The van der Waals surface area contributed by atoms with Crippen molar-refractivity contribution in [2.24, 2.45) is 5.92 Å². The summed E-state index contributed by atoms with van der Waals surface area (Å²) >= 11 is 1.56. The summed E-state index contributed by atoms with van der Waals surface area (Å²) in [5.41, 5.74) is -1.23. The van der Waals surface area contributed by atoms with Crippen molar-refractivity contribution in [1.29, 1.82) is 0 Å². The molecule has 1 aromatic heterocycles. The van der Waals surface area contributed by atoms with E-state index in [1.807, 2.05) is 5.38 Å². The monoisotopic (exact) mass is 369 g/mol. The summed E-state index contributed by atoms with van der Waals surface area (Å²) in [6, 6.07) is 4.86. The molecule has 2 aromatic rings. The quantitative estimate of drug-likeness (QED) is 0.891. The number of nitrogens with zero attached hydrogens (tertiary/aromatic N) is 2. The zero-order valence-electron chi connectivity index (χ0n) is 13.4. The summed E-state index contributed by atoms with van der Waals surface area (Å²) in [6.07, 6.45) is -0.887. The highest BCUT2D eigenvalue weighted by atomic mass is 32.1. The van der Waals surface area contributed by atoms with E-state index in [9.17, 15) is 18.0 Å². The number of alkyl halides is 3. The van der Waals surface area contributed by atoms with E-state index in [4.69, 9.17) is 0 Å². The average molecular weight is 369 g/mol. The number of carbonyl (C=O) groups excluding carboxylic acids is 1. The lowest BCUT2D eigenvalue weighted by atomic mass is 9.98. The normalized spacial score (nSPS) is 18.2. The lowest BCUT2D eigenvalue weighted by Crippen LogP contribution is -2.41. The van der Waals surface area contributed by atoms with Gasteiger partial charge in [-0.15, -0.1) is 11.3 Å². The number of benzene rings is 1. The number of piperidine rings is 1. The molecular weight excluding hydrogens is 351 g/mol.